The van der Waals surface area contributed by atoms with Crippen molar-refractivity contribution >= 4 is 24.2 Å². The lowest BCUT2D eigenvalue weighted by atomic mass is 10.3. The van der Waals surface area contributed by atoms with Crippen molar-refractivity contribution in [3.05, 3.63) is 18.3 Å². The van der Waals surface area contributed by atoms with E-state index in [1.165, 1.54) is 0 Å². The quantitative estimate of drug-likeness (QED) is 0.769. The summed E-state index contributed by atoms with van der Waals surface area (Å²) in [6.45, 7) is 4.17. The average molecular weight is 226 g/mol. The van der Waals surface area contributed by atoms with Gasteiger partial charge < -0.3 is 10.1 Å². The van der Waals surface area contributed by atoms with Crippen LogP contribution in [0.25, 0.3) is 0 Å². The molecular weight excluding hydrogens is 212 g/mol. The zero-order valence-electron chi connectivity index (χ0n) is 8.73. The zero-order chi connectivity index (χ0) is 11.3. The summed E-state index contributed by atoms with van der Waals surface area (Å²) in [6.07, 6.45) is 1.55. The predicted octanol–water partition coefficient (Wildman–Crippen LogP) is 1.74. The average Bonchev–Trinajstić information content (AvgIpc) is 2.21. The highest BCUT2D eigenvalue weighted by Gasteiger charge is 2.07. The molecule has 1 unspecified atom stereocenters. The molecule has 4 nitrogen and oxygen atoms in total. The van der Waals surface area contributed by atoms with Crippen LogP contribution in [0.15, 0.2) is 18.3 Å². The van der Waals surface area contributed by atoms with E-state index in [2.05, 4.69) is 22.9 Å². The smallest absolute Gasteiger partial charge is 0.236 e. The summed E-state index contributed by atoms with van der Waals surface area (Å²) in [4.78, 5) is 15.3. The number of hydrogen-bond donors (Lipinski definition) is 2. The van der Waals surface area contributed by atoms with Crippen molar-refractivity contribution in [2.24, 2.45) is 0 Å². The minimum Gasteiger partial charge on any atom is -0.478 e. The summed E-state index contributed by atoms with van der Waals surface area (Å²) in [5.41, 5.74) is 0.643. The Balaban J connectivity index is 2.60. The lowest BCUT2D eigenvalue weighted by molar-refractivity contribution is -0.115. The van der Waals surface area contributed by atoms with E-state index in [-0.39, 0.29) is 11.2 Å². The van der Waals surface area contributed by atoms with Crippen LogP contribution in [0, 0.1) is 0 Å². The topological polar surface area (TPSA) is 51.2 Å². The van der Waals surface area contributed by atoms with Gasteiger partial charge in [0.15, 0.2) is 0 Å². The Hall–Kier alpha value is -1.23. The zero-order valence-corrected chi connectivity index (χ0v) is 9.62. The number of amides is 1. The van der Waals surface area contributed by atoms with E-state index in [4.69, 9.17) is 4.74 Å². The monoisotopic (exact) mass is 226 g/mol. The van der Waals surface area contributed by atoms with Gasteiger partial charge in [-0.05, 0) is 19.9 Å². The first-order valence-corrected chi connectivity index (χ1v) is 5.23. The molecule has 1 heterocycles. The molecule has 1 amide bonds. The molecule has 0 spiro atoms. The summed E-state index contributed by atoms with van der Waals surface area (Å²) in [7, 11) is 0. The van der Waals surface area contributed by atoms with Crippen molar-refractivity contribution in [3.8, 4) is 5.88 Å². The third-order valence-corrected chi connectivity index (χ3v) is 1.91. The van der Waals surface area contributed by atoms with E-state index in [0.29, 0.717) is 18.2 Å². The third-order valence-electron chi connectivity index (χ3n) is 1.68. The maximum Gasteiger partial charge on any atom is 0.236 e. The van der Waals surface area contributed by atoms with Crippen molar-refractivity contribution in [2.45, 2.75) is 19.1 Å². The Bertz CT molecular complexity index is 325. The minimum atomic E-state index is -0.337. The normalized spacial score (nSPS) is 11.9. The number of nitrogens with zero attached hydrogens (tertiary/aromatic N) is 1. The maximum atomic E-state index is 11.3. The predicted molar refractivity (Wildman–Crippen MR) is 62.5 cm³/mol. The molecule has 0 saturated heterocycles. The SMILES string of the molecule is CCOc1ccc(NC(=O)C(C)S)cn1. The number of nitrogens with one attached hydrogen (secondary N) is 1. The molecule has 1 N–H and O–H groups in total. The molecule has 0 bridgehead atoms. The van der Waals surface area contributed by atoms with E-state index >= 15 is 0 Å². The molecule has 1 atom stereocenters. The van der Waals surface area contributed by atoms with Crippen LogP contribution in [0.3, 0.4) is 0 Å². The number of thiol groups is 1. The highest BCUT2D eigenvalue weighted by molar-refractivity contribution is 7.81. The Morgan fingerprint density at radius 3 is 2.87 bits per heavy atom. The first-order valence-electron chi connectivity index (χ1n) is 4.71. The van der Waals surface area contributed by atoms with Gasteiger partial charge in [0, 0.05) is 6.07 Å². The number of carbonyl (C=O) groups is 1. The van der Waals surface area contributed by atoms with Gasteiger partial charge in [-0.2, -0.15) is 12.6 Å². The van der Waals surface area contributed by atoms with Crippen LogP contribution in [-0.4, -0.2) is 22.7 Å². The van der Waals surface area contributed by atoms with E-state index < -0.39 is 0 Å². The number of anilines is 1. The summed E-state index contributed by atoms with van der Waals surface area (Å²) < 4.78 is 5.17. The van der Waals surface area contributed by atoms with Crippen molar-refractivity contribution in [1.82, 2.24) is 4.98 Å². The van der Waals surface area contributed by atoms with Crippen LogP contribution in [0.1, 0.15) is 13.8 Å². The van der Waals surface area contributed by atoms with E-state index in [1.807, 2.05) is 6.92 Å². The Kier molecular flexibility index (Phi) is 4.42. The van der Waals surface area contributed by atoms with Crippen LogP contribution in [0.2, 0.25) is 0 Å². The highest BCUT2D eigenvalue weighted by atomic mass is 32.1. The van der Waals surface area contributed by atoms with Crippen LogP contribution in [-0.2, 0) is 4.79 Å². The van der Waals surface area contributed by atoms with Crippen LogP contribution < -0.4 is 10.1 Å². The molecule has 0 radical (unpaired) electrons. The van der Waals surface area contributed by atoms with Gasteiger partial charge in [-0.1, -0.05) is 0 Å². The molecule has 0 saturated carbocycles. The van der Waals surface area contributed by atoms with Crippen molar-refractivity contribution in [2.75, 3.05) is 11.9 Å². The molecule has 1 rings (SSSR count). The second-order valence-electron chi connectivity index (χ2n) is 2.98. The van der Waals surface area contributed by atoms with E-state index in [9.17, 15) is 4.79 Å². The molecule has 15 heavy (non-hydrogen) atoms. The van der Waals surface area contributed by atoms with Crippen LogP contribution in [0.5, 0.6) is 5.88 Å². The first-order chi connectivity index (χ1) is 7.13. The molecule has 1 aromatic heterocycles. The summed E-state index contributed by atoms with van der Waals surface area (Å²) in [5, 5.41) is 2.34. The molecule has 0 aliphatic rings. The number of pyridine rings is 1. The number of aromatic nitrogens is 1. The Labute approximate surface area is 94.5 Å². The van der Waals surface area contributed by atoms with Gasteiger partial charge in [-0.3, -0.25) is 4.79 Å². The molecule has 0 aromatic carbocycles. The number of carbonyl (C=O) groups excluding carboxylic acids is 1. The fourth-order valence-electron chi connectivity index (χ4n) is 0.934. The highest BCUT2D eigenvalue weighted by Crippen LogP contribution is 2.12. The number of rotatable bonds is 4. The second-order valence-corrected chi connectivity index (χ2v) is 3.76. The standard InChI is InChI=1S/C10H14N2O2S/c1-3-14-9-5-4-8(6-11-9)12-10(13)7(2)15/h4-7,15H,3H2,1-2H3,(H,12,13). The third kappa shape index (κ3) is 3.79. The Morgan fingerprint density at radius 2 is 2.40 bits per heavy atom. The van der Waals surface area contributed by atoms with Gasteiger partial charge in [0.1, 0.15) is 0 Å². The van der Waals surface area contributed by atoms with Gasteiger partial charge in [-0.15, -0.1) is 0 Å². The summed E-state index contributed by atoms with van der Waals surface area (Å²) in [5.74, 6) is 0.402. The fourth-order valence-corrected chi connectivity index (χ4v) is 0.999. The fraction of sp³-hybridized carbons (Fsp3) is 0.400. The molecular formula is C10H14N2O2S. The van der Waals surface area contributed by atoms with Gasteiger partial charge in [0.2, 0.25) is 11.8 Å². The van der Waals surface area contributed by atoms with Crippen LogP contribution in [0.4, 0.5) is 5.69 Å². The van der Waals surface area contributed by atoms with Gasteiger partial charge >= 0.3 is 0 Å². The minimum absolute atomic E-state index is 0.149. The maximum absolute atomic E-state index is 11.3. The van der Waals surface area contributed by atoms with Gasteiger partial charge in [0.25, 0.3) is 0 Å². The van der Waals surface area contributed by atoms with Crippen LogP contribution >= 0.6 is 12.6 Å². The molecule has 0 aliphatic heterocycles. The van der Waals surface area contributed by atoms with Gasteiger partial charge in [0.05, 0.1) is 23.7 Å². The second kappa shape index (κ2) is 5.60. The molecule has 0 fully saturated rings. The lowest BCUT2D eigenvalue weighted by Gasteiger charge is -2.07. The largest absolute Gasteiger partial charge is 0.478 e. The van der Waals surface area contributed by atoms with E-state index in [1.54, 1.807) is 25.3 Å². The van der Waals surface area contributed by atoms with Crippen molar-refractivity contribution in [3.63, 3.8) is 0 Å². The van der Waals surface area contributed by atoms with E-state index in [0.717, 1.165) is 0 Å². The number of hydrogen-bond acceptors (Lipinski definition) is 4. The first kappa shape index (κ1) is 11.8. The van der Waals surface area contributed by atoms with Gasteiger partial charge in [-0.25, -0.2) is 4.98 Å². The molecule has 5 heteroatoms. The molecule has 82 valence electrons. The summed E-state index contributed by atoms with van der Waals surface area (Å²) >= 11 is 4.02. The Morgan fingerprint density at radius 1 is 1.67 bits per heavy atom. The lowest BCUT2D eigenvalue weighted by Crippen LogP contribution is -2.20. The molecule has 1 aromatic rings. The summed E-state index contributed by atoms with van der Waals surface area (Å²) in [6, 6.07) is 3.45. The van der Waals surface area contributed by atoms with Crippen molar-refractivity contribution in [1.29, 1.82) is 0 Å². The van der Waals surface area contributed by atoms with Crippen molar-refractivity contribution < 1.29 is 9.53 Å². The molecule has 0 aliphatic carbocycles. The number of ether oxygens (including phenoxy) is 1.